The van der Waals surface area contributed by atoms with Crippen molar-refractivity contribution in [3.05, 3.63) is 64.7 Å². The van der Waals surface area contributed by atoms with E-state index in [1.54, 1.807) is 18.2 Å². The van der Waals surface area contributed by atoms with Gasteiger partial charge in [-0.25, -0.2) is 13.8 Å². The number of ketones is 1. The summed E-state index contributed by atoms with van der Waals surface area (Å²) in [6.45, 7) is 0.558. The first-order valence-corrected chi connectivity index (χ1v) is 9.81. The number of rotatable bonds is 5. The van der Waals surface area contributed by atoms with Crippen molar-refractivity contribution in [3.63, 3.8) is 0 Å². The Morgan fingerprint density at radius 2 is 2.03 bits per heavy atom. The molecule has 1 aliphatic rings. The van der Waals surface area contributed by atoms with Crippen LogP contribution < -0.4 is 10.9 Å². The summed E-state index contributed by atoms with van der Waals surface area (Å²) in [7, 11) is 0. The number of benzene rings is 2. The molecule has 0 aliphatic carbocycles. The molecule has 2 atom stereocenters. The minimum atomic E-state index is -1.01. The standard InChI is InChI=1S/C22H21F2N3O3.ClH/c23-16-7-6-13(9-17(16)24)15-3-1-4-18-21(15)22(30)27(12-26-18)11-14(28)10-19-20(29)5-2-8-25-19;/h1,3-4,6-7,9,12,19-20,25,29H,2,5,8,10-11H2;1H/t19-,20+;/m1./s1. The van der Waals surface area contributed by atoms with E-state index in [-0.39, 0.29) is 42.6 Å². The Morgan fingerprint density at radius 1 is 1.23 bits per heavy atom. The van der Waals surface area contributed by atoms with Gasteiger partial charge in [-0.3, -0.25) is 14.2 Å². The molecule has 4 rings (SSSR count). The number of aromatic nitrogens is 2. The Balaban J connectivity index is 0.00000272. The Morgan fingerprint density at radius 3 is 2.77 bits per heavy atom. The van der Waals surface area contributed by atoms with Crippen LogP contribution in [0, 0.1) is 11.6 Å². The number of aliphatic hydroxyl groups excluding tert-OH is 1. The molecule has 9 heteroatoms. The van der Waals surface area contributed by atoms with Crippen molar-refractivity contribution >= 4 is 29.1 Å². The quantitative estimate of drug-likeness (QED) is 0.625. The lowest BCUT2D eigenvalue weighted by atomic mass is 9.97. The van der Waals surface area contributed by atoms with Crippen molar-refractivity contribution in [2.75, 3.05) is 6.54 Å². The largest absolute Gasteiger partial charge is 0.391 e. The minimum Gasteiger partial charge on any atom is -0.391 e. The monoisotopic (exact) mass is 449 g/mol. The van der Waals surface area contributed by atoms with Gasteiger partial charge in [-0.2, -0.15) is 0 Å². The van der Waals surface area contributed by atoms with Crippen molar-refractivity contribution in [1.29, 1.82) is 0 Å². The lowest BCUT2D eigenvalue weighted by molar-refractivity contribution is -0.121. The van der Waals surface area contributed by atoms with Crippen molar-refractivity contribution in [3.8, 4) is 11.1 Å². The predicted octanol–water partition coefficient (Wildman–Crippen LogP) is 2.84. The van der Waals surface area contributed by atoms with Gasteiger partial charge in [0.05, 0.1) is 29.9 Å². The highest BCUT2D eigenvalue weighted by Crippen LogP contribution is 2.26. The molecule has 0 unspecified atom stereocenters. The number of nitrogens with one attached hydrogen (secondary N) is 1. The van der Waals surface area contributed by atoms with Crippen LogP contribution in [-0.4, -0.2) is 39.1 Å². The molecule has 1 aromatic heterocycles. The lowest BCUT2D eigenvalue weighted by Gasteiger charge is -2.28. The third kappa shape index (κ3) is 4.81. The summed E-state index contributed by atoms with van der Waals surface area (Å²) in [5, 5.41) is 13.4. The summed E-state index contributed by atoms with van der Waals surface area (Å²) in [5.74, 6) is -2.19. The van der Waals surface area contributed by atoms with Gasteiger partial charge >= 0.3 is 0 Å². The van der Waals surface area contributed by atoms with E-state index in [1.165, 1.54) is 17.0 Å². The number of hydrogen-bond acceptors (Lipinski definition) is 5. The minimum absolute atomic E-state index is 0. The molecule has 164 valence electrons. The van der Waals surface area contributed by atoms with E-state index in [0.717, 1.165) is 25.1 Å². The lowest BCUT2D eigenvalue weighted by Crippen LogP contribution is -2.46. The van der Waals surface area contributed by atoms with Crippen LogP contribution in [0.15, 0.2) is 47.5 Å². The smallest absolute Gasteiger partial charge is 0.262 e. The Bertz CT molecular complexity index is 1170. The molecule has 2 N–H and O–H groups in total. The van der Waals surface area contributed by atoms with E-state index in [1.807, 2.05) is 0 Å². The summed E-state index contributed by atoms with van der Waals surface area (Å²) in [5.41, 5.74) is 0.716. The maximum atomic E-state index is 13.7. The molecule has 0 saturated carbocycles. The Labute approximate surface area is 183 Å². The molecule has 2 heterocycles. The number of hydrogen-bond donors (Lipinski definition) is 2. The van der Waals surface area contributed by atoms with Crippen molar-refractivity contribution < 1.29 is 18.7 Å². The summed E-state index contributed by atoms with van der Waals surface area (Å²) in [4.78, 5) is 29.9. The molecular formula is C22H22ClF2N3O3. The first kappa shape index (κ1) is 23.0. The molecule has 31 heavy (non-hydrogen) atoms. The summed E-state index contributed by atoms with van der Waals surface area (Å²) in [6.07, 6.45) is 2.32. The number of carbonyl (C=O) groups is 1. The second kappa shape index (κ2) is 9.64. The van der Waals surface area contributed by atoms with Crippen LogP contribution in [0.25, 0.3) is 22.0 Å². The van der Waals surface area contributed by atoms with Crippen LogP contribution in [0.1, 0.15) is 19.3 Å². The topological polar surface area (TPSA) is 84.2 Å². The molecular weight excluding hydrogens is 428 g/mol. The van der Waals surface area contributed by atoms with Crippen LogP contribution in [0.4, 0.5) is 8.78 Å². The molecule has 0 radical (unpaired) electrons. The Hall–Kier alpha value is -2.68. The average Bonchev–Trinajstić information content (AvgIpc) is 2.73. The zero-order chi connectivity index (χ0) is 21.3. The average molecular weight is 450 g/mol. The first-order chi connectivity index (χ1) is 14.4. The fourth-order valence-electron chi connectivity index (χ4n) is 3.86. The van der Waals surface area contributed by atoms with Gasteiger partial charge in [0.2, 0.25) is 0 Å². The fraction of sp³-hybridized carbons (Fsp3) is 0.318. The Kier molecular flexibility index (Phi) is 7.15. The summed E-state index contributed by atoms with van der Waals surface area (Å²) in [6, 6.07) is 8.06. The van der Waals surface area contributed by atoms with Crippen LogP contribution >= 0.6 is 12.4 Å². The van der Waals surface area contributed by atoms with Crippen LogP contribution in [0.5, 0.6) is 0 Å². The predicted molar refractivity (Wildman–Crippen MR) is 115 cm³/mol. The summed E-state index contributed by atoms with van der Waals surface area (Å²) < 4.78 is 28.3. The second-order valence-corrected chi connectivity index (χ2v) is 7.52. The van der Waals surface area contributed by atoms with E-state index >= 15 is 0 Å². The van der Waals surface area contributed by atoms with Crippen LogP contribution in [-0.2, 0) is 11.3 Å². The van der Waals surface area contributed by atoms with Gasteiger partial charge in [-0.15, -0.1) is 12.4 Å². The van der Waals surface area contributed by atoms with Crippen molar-refractivity contribution in [2.45, 2.75) is 38.0 Å². The second-order valence-electron chi connectivity index (χ2n) is 7.52. The van der Waals surface area contributed by atoms with Gasteiger partial charge in [-0.1, -0.05) is 18.2 Å². The van der Waals surface area contributed by atoms with Gasteiger partial charge < -0.3 is 10.4 Å². The van der Waals surface area contributed by atoms with E-state index < -0.39 is 23.3 Å². The SMILES string of the molecule is Cl.O=C(C[C@H]1NCCC[C@@H]1O)Cn1cnc2cccc(-c3ccc(F)c(F)c3)c2c1=O. The van der Waals surface area contributed by atoms with E-state index in [2.05, 4.69) is 10.3 Å². The van der Waals surface area contributed by atoms with E-state index in [0.29, 0.717) is 23.1 Å². The van der Waals surface area contributed by atoms with Crippen LogP contribution in [0.3, 0.4) is 0 Å². The fourth-order valence-corrected chi connectivity index (χ4v) is 3.86. The molecule has 0 bridgehead atoms. The number of nitrogens with zero attached hydrogens (tertiary/aromatic N) is 2. The van der Waals surface area contributed by atoms with Crippen molar-refractivity contribution in [1.82, 2.24) is 14.9 Å². The van der Waals surface area contributed by atoms with Crippen molar-refractivity contribution in [2.24, 2.45) is 0 Å². The highest BCUT2D eigenvalue weighted by atomic mass is 35.5. The molecule has 1 saturated heterocycles. The number of piperidine rings is 1. The maximum absolute atomic E-state index is 13.7. The van der Waals surface area contributed by atoms with Gasteiger partial charge in [-0.05, 0) is 48.7 Å². The molecule has 1 fully saturated rings. The molecule has 6 nitrogen and oxygen atoms in total. The zero-order valence-electron chi connectivity index (χ0n) is 16.6. The third-order valence-corrected chi connectivity index (χ3v) is 5.43. The van der Waals surface area contributed by atoms with E-state index in [4.69, 9.17) is 0 Å². The number of aliphatic hydroxyl groups is 1. The normalized spacial score (nSPS) is 18.5. The molecule has 1 aliphatic heterocycles. The highest BCUT2D eigenvalue weighted by Gasteiger charge is 2.25. The molecule has 3 aromatic rings. The maximum Gasteiger partial charge on any atom is 0.262 e. The van der Waals surface area contributed by atoms with Crippen LogP contribution in [0.2, 0.25) is 0 Å². The summed E-state index contributed by atoms with van der Waals surface area (Å²) >= 11 is 0. The van der Waals surface area contributed by atoms with Gasteiger partial charge in [0.1, 0.15) is 0 Å². The third-order valence-electron chi connectivity index (χ3n) is 5.43. The number of Topliss-reactive ketones (excluding diaryl/α,β-unsaturated/α-hetero) is 1. The zero-order valence-corrected chi connectivity index (χ0v) is 17.4. The first-order valence-electron chi connectivity index (χ1n) is 9.81. The number of fused-ring (bicyclic) bond motifs is 1. The van der Waals surface area contributed by atoms with E-state index in [9.17, 15) is 23.5 Å². The molecule has 0 amide bonds. The van der Waals surface area contributed by atoms with Gasteiger partial charge in [0, 0.05) is 12.5 Å². The van der Waals surface area contributed by atoms with Gasteiger partial charge in [0.25, 0.3) is 5.56 Å². The highest BCUT2D eigenvalue weighted by molar-refractivity contribution is 5.94. The molecule has 2 aromatic carbocycles. The molecule has 0 spiro atoms. The number of halogens is 3. The number of carbonyl (C=O) groups excluding carboxylic acids is 1. The van der Waals surface area contributed by atoms with Gasteiger partial charge in [0.15, 0.2) is 17.4 Å².